The average Bonchev–Trinajstić information content (AvgIpc) is 3.43. The fraction of sp³-hybridized carbons (Fsp3) is 0. The quantitative estimate of drug-likeness (QED) is 0.284. The van der Waals surface area contributed by atoms with Gasteiger partial charge in [-0.2, -0.15) is 0 Å². The summed E-state index contributed by atoms with van der Waals surface area (Å²) in [6.45, 7) is 0. The van der Waals surface area contributed by atoms with Gasteiger partial charge in [-0.1, -0.05) is 66.7 Å². The average molecular weight is 428 g/mol. The second-order valence-electron chi connectivity index (χ2n) is 7.90. The Bertz CT molecular complexity index is 1780. The van der Waals surface area contributed by atoms with Crippen LogP contribution in [0.4, 0.5) is 0 Å². The van der Waals surface area contributed by atoms with Gasteiger partial charge in [-0.25, -0.2) is 4.98 Å². The number of pyridine rings is 1. The van der Waals surface area contributed by atoms with Crippen LogP contribution in [-0.2, 0) is 0 Å². The molecule has 32 heavy (non-hydrogen) atoms. The topological polar surface area (TPSA) is 30.7 Å². The van der Waals surface area contributed by atoms with Crippen LogP contribution < -0.4 is 0 Å². The highest BCUT2D eigenvalue weighted by Gasteiger charge is 2.19. The third-order valence-corrected chi connectivity index (χ3v) is 7.30. The first-order valence-electron chi connectivity index (χ1n) is 10.6. The molecular weight excluding hydrogens is 410 g/mol. The number of benzene rings is 4. The molecule has 4 heteroatoms. The van der Waals surface area contributed by atoms with E-state index in [1.165, 1.54) is 25.6 Å². The maximum Gasteiger partial charge on any atom is 0.147 e. The van der Waals surface area contributed by atoms with Crippen molar-refractivity contribution in [2.24, 2.45) is 0 Å². The highest BCUT2D eigenvalue weighted by molar-refractivity contribution is 7.27. The molecule has 150 valence electrons. The summed E-state index contributed by atoms with van der Waals surface area (Å²) in [7, 11) is 0. The number of nitrogens with zero attached hydrogens (tertiary/aromatic N) is 3. The van der Waals surface area contributed by atoms with Gasteiger partial charge in [0.2, 0.25) is 0 Å². The van der Waals surface area contributed by atoms with E-state index in [9.17, 15) is 0 Å². The zero-order chi connectivity index (χ0) is 21.1. The molecule has 7 rings (SSSR count). The Kier molecular flexibility index (Phi) is 3.72. The third-order valence-electron chi connectivity index (χ3n) is 6.04. The molecule has 0 N–H and O–H groups in total. The smallest absolute Gasteiger partial charge is 0.147 e. The molecular formula is C28H17N3S. The number of para-hydroxylation sites is 3. The maximum absolute atomic E-state index is 5.09. The number of thiophene rings is 1. The number of aromatic nitrogens is 3. The van der Waals surface area contributed by atoms with Gasteiger partial charge in [0.05, 0.1) is 21.3 Å². The minimum Gasteiger partial charge on any atom is -0.292 e. The van der Waals surface area contributed by atoms with Crippen LogP contribution in [0.15, 0.2) is 103 Å². The highest BCUT2D eigenvalue weighted by atomic mass is 32.1. The molecule has 0 radical (unpaired) electrons. The summed E-state index contributed by atoms with van der Waals surface area (Å²) in [4.78, 5) is 9.93. The van der Waals surface area contributed by atoms with Crippen molar-refractivity contribution in [3.8, 4) is 17.1 Å². The SMILES string of the molecule is c1ccc(-n2c(-c3cccc4c3sc3c5ccccc5cnc43)nc3ccccc32)cc1. The lowest BCUT2D eigenvalue weighted by Gasteiger charge is -2.10. The Morgan fingerprint density at radius 2 is 1.44 bits per heavy atom. The fourth-order valence-electron chi connectivity index (χ4n) is 4.59. The van der Waals surface area contributed by atoms with Gasteiger partial charge in [0.25, 0.3) is 0 Å². The van der Waals surface area contributed by atoms with E-state index >= 15 is 0 Å². The van der Waals surface area contributed by atoms with E-state index in [1.54, 1.807) is 0 Å². The number of rotatable bonds is 2. The van der Waals surface area contributed by atoms with Crippen LogP contribution in [0.5, 0.6) is 0 Å². The minimum absolute atomic E-state index is 0.957. The van der Waals surface area contributed by atoms with Crippen LogP contribution in [0.1, 0.15) is 0 Å². The molecule has 0 unspecified atom stereocenters. The van der Waals surface area contributed by atoms with E-state index in [-0.39, 0.29) is 0 Å². The van der Waals surface area contributed by atoms with Gasteiger partial charge >= 0.3 is 0 Å². The first-order chi connectivity index (χ1) is 15.9. The van der Waals surface area contributed by atoms with Gasteiger partial charge in [-0.3, -0.25) is 9.55 Å². The van der Waals surface area contributed by atoms with Crippen molar-refractivity contribution in [2.75, 3.05) is 0 Å². The number of hydrogen-bond donors (Lipinski definition) is 0. The monoisotopic (exact) mass is 427 g/mol. The second kappa shape index (κ2) is 6.74. The zero-order valence-corrected chi connectivity index (χ0v) is 17.9. The summed E-state index contributed by atoms with van der Waals surface area (Å²) >= 11 is 1.81. The largest absolute Gasteiger partial charge is 0.292 e. The van der Waals surface area contributed by atoms with Crippen molar-refractivity contribution < 1.29 is 0 Å². The molecule has 0 saturated carbocycles. The van der Waals surface area contributed by atoms with Crippen LogP contribution in [0.25, 0.3) is 59.2 Å². The summed E-state index contributed by atoms with van der Waals surface area (Å²) in [5, 5.41) is 3.60. The molecule has 0 amide bonds. The van der Waals surface area contributed by atoms with Gasteiger partial charge in [-0.05, 0) is 30.3 Å². The second-order valence-corrected chi connectivity index (χ2v) is 8.92. The standard InChI is InChI=1S/C28H17N3S/c1-2-10-19(11-3-1)31-24-16-7-6-15-23(24)30-28(31)22-14-8-13-21-25-27(32-26(21)22)20-12-5-4-9-18(20)17-29-25/h1-17H. The number of hydrogen-bond acceptors (Lipinski definition) is 3. The van der Waals surface area contributed by atoms with Crippen LogP contribution in [0.2, 0.25) is 0 Å². The van der Waals surface area contributed by atoms with Crippen molar-refractivity contribution in [3.05, 3.63) is 103 Å². The van der Waals surface area contributed by atoms with E-state index < -0.39 is 0 Å². The molecule has 0 aliphatic carbocycles. The molecule has 0 atom stereocenters. The maximum atomic E-state index is 5.09. The molecule has 3 nitrogen and oxygen atoms in total. The van der Waals surface area contributed by atoms with Crippen molar-refractivity contribution in [1.82, 2.24) is 14.5 Å². The van der Waals surface area contributed by atoms with Crippen molar-refractivity contribution in [2.45, 2.75) is 0 Å². The van der Waals surface area contributed by atoms with Gasteiger partial charge in [-0.15, -0.1) is 11.3 Å². The molecule has 0 spiro atoms. The Morgan fingerprint density at radius 3 is 2.38 bits per heavy atom. The van der Waals surface area contributed by atoms with E-state index in [4.69, 9.17) is 9.97 Å². The fourth-order valence-corrected chi connectivity index (χ4v) is 5.89. The molecule has 0 saturated heterocycles. The van der Waals surface area contributed by atoms with Crippen LogP contribution in [0.3, 0.4) is 0 Å². The summed E-state index contributed by atoms with van der Waals surface area (Å²) in [6, 6.07) is 33.8. The van der Waals surface area contributed by atoms with Crippen molar-refractivity contribution in [1.29, 1.82) is 0 Å². The van der Waals surface area contributed by atoms with Gasteiger partial charge in [0.1, 0.15) is 5.82 Å². The lowest BCUT2D eigenvalue weighted by Crippen LogP contribution is -1.97. The molecule has 0 aliphatic rings. The third kappa shape index (κ3) is 2.47. The first-order valence-corrected chi connectivity index (χ1v) is 11.4. The summed E-state index contributed by atoms with van der Waals surface area (Å²) in [5.74, 6) is 0.957. The van der Waals surface area contributed by atoms with Crippen molar-refractivity contribution in [3.63, 3.8) is 0 Å². The number of imidazole rings is 1. The lowest BCUT2D eigenvalue weighted by molar-refractivity contribution is 1.11. The van der Waals surface area contributed by atoms with E-state index in [2.05, 4.69) is 89.5 Å². The molecule has 0 fully saturated rings. The van der Waals surface area contributed by atoms with Gasteiger partial charge in [0.15, 0.2) is 0 Å². The molecule has 3 aromatic heterocycles. The van der Waals surface area contributed by atoms with E-state index in [0.717, 1.165) is 33.6 Å². The molecule has 3 heterocycles. The molecule has 7 aromatic rings. The van der Waals surface area contributed by atoms with E-state index in [0.29, 0.717) is 0 Å². The van der Waals surface area contributed by atoms with Crippen LogP contribution in [-0.4, -0.2) is 14.5 Å². The summed E-state index contributed by atoms with van der Waals surface area (Å²) in [6.07, 6.45) is 1.98. The Morgan fingerprint density at radius 1 is 0.656 bits per heavy atom. The van der Waals surface area contributed by atoms with Crippen LogP contribution >= 0.6 is 11.3 Å². The molecule has 0 bridgehead atoms. The highest BCUT2D eigenvalue weighted by Crippen LogP contribution is 2.42. The lowest BCUT2D eigenvalue weighted by atomic mass is 10.1. The van der Waals surface area contributed by atoms with Crippen LogP contribution in [0, 0.1) is 0 Å². The Hall–Kier alpha value is -4.02. The predicted molar refractivity (Wildman–Crippen MR) is 135 cm³/mol. The van der Waals surface area contributed by atoms with Gasteiger partial charge in [0, 0.05) is 38.3 Å². The molecule has 0 aliphatic heterocycles. The Balaban J connectivity index is 1.61. The normalized spacial score (nSPS) is 11.8. The predicted octanol–water partition coefficient (Wildman–Crippen LogP) is 7.61. The van der Waals surface area contributed by atoms with E-state index in [1.807, 2.05) is 29.7 Å². The molecule has 4 aromatic carbocycles. The van der Waals surface area contributed by atoms with Crippen molar-refractivity contribution >= 4 is 53.4 Å². The Labute approximate surface area is 188 Å². The number of fused-ring (bicyclic) bond motifs is 6. The summed E-state index contributed by atoms with van der Waals surface area (Å²) in [5.41, 5.74) is 5.41. The first kappa shape index (κ1) is 17.6. The minimum atomic E-state index is 0.957. The van der Waals surface area contributed by atoms with Gasteiger partial charge < -0.3 is 0 Å². The zero-order valence-electron chi connectivity index (χ0n) is 17.1. The summed E-state index contributed by atoms with van der Waals surface area (Å²) < 4.78 is 4.71.